The normalized spacial score (nSPS) is 12.4. The summed E-state index contributed by atoms with van der Waals surface area (Å²) in [7, 11) is -1.50. The molecule has 0 radical (unpaired) electrons. The van der Waals surface area contributed by atoms with Crippen LogP contribution in [-0.2, 0) is 5.41 Å². The number of benzene rings is 4. The van der Waals surface area contributed by atoms with Crippen molar-refractivity contribution < 1.29 is 0 Å². The number of pyridine rings is 1. The molecule has 0 bridgehead atoms. The van der Waals surface area contributed by atoms with Gasteiger partial charge in [0.1, 0.15) is 0 Å². The van der Waals surface area contributed by atoms with Crippen molar-refractivity contribution in [1.82, 2.24) is 4.98 Å². The minimum atomic E-state index is -1.50. The Balaban J connectivity index is 1.95. The average molecular weight is 488 g/mol. The predicted molar refractivity (Wildman–Crippen MR) is 161 cm³/mol. The van der Waals surface area contributed by atoms with Gasteiger partial charge in [-0.3, -0.25) is 0 Å². The molecule has 0 saturated carbocycles. The number of hydrogen-bond donors (Lipinski definition) is 0. The summed E-state index contributed by atoms with van der Waals surface area (Å²) in [5.41, 5.74) is 9.83. The Bertz CT molecular complexity index is 1590. The molecule has 5 aromatic rings. The predicted octanol–water partition coefficient (Wildman–Crippen LogP) is 9.18. The lowest BCUT2D eigenvalue weighted by Gasteiger charge is -2.26. The minimum absolute atomic E-state index is 0.00539. The lowest BCUT2D eigenvalue weighted by Crippen LogP contribution is -2.37. The van der Waals surface area contributed by atoms with Crippen molar-refractivity contribution in [2.75, 3.05) is 0 Å². The van der Waals surface area contributed by atoms with Gasteiger partial charge in [0.25, 0.3) is 0 Å². The maximum atomic E-state index is 5.22. The highest BCUT2D eigenvalue weighted by Crippen LogP contribution is 2.42. The standard InChI is InChI=1S/C34H37NSi/c1-22-17-23(2)19-25(18-22)32-21-29(28-20-26(36(6,7)8)14-16-31(28)35-32)33-27-12-10-9-11-24(27)13-15-30(33)34(3,4)5/h9-21H,1-8H3. The van der Waals surface area contributed by atoms with Gasteiger partial charge in [-0.1, -0.05) is 111 Å². The van der Waals surface area contributed by atoms with Gasteiger partial charge in [0.15, 0.2) is 0 Å². The van der Waals surface area contributed by atoms with E-state index < -0.39 is 8.07 Å². The SMILES string of the molecule is Cc1cc(C)cc(-c2cc(-c3c(C(C)(C)C)ccc4ccccc34)c3cc([Si](C)(C)C)ccc3n2)c1. The molecule has 0 spiro atoms. The Labute approximate surface area is 217 Å². The van der Waals surface area contributed by atoms with E-state index in [1.165, 1.54) is 54.7 Å². The molecular formula is C34H37NSi. The van der Waals surface area contributed by atoms with E-state index in [0.29, 0.717) is 0 Å². The topological polar surface area (TPSA) is 12.9 Å². The number of aryl methyl sites for hydroxylation is 2. The second-order valence-electron chi connectivity index (χ2n) is 12.4. The molecule has 1 nitrogen and oxygen atoms in total. The summed E-state index contributed by atoms with van der Waals surface area (Å²) < 4.78 is 0. The molecule has 0 aliphatic carbocycles. The molecule has 182 valence electrons. The van der Waals surface area contributed by atoms with Crippen LogP contribution in [0.3, 0.4) is 0 Å². The first-order valence-corrected chi connectivity index (χ1v) is 16.5. The molecule has 0 N–H and O–H groups in total. The second-order valence-corrected chi connectivity index (χ2v) is 17.4. The summed E-state index contributed by atoms with van der Waals surface area (Å²) in [6, 6.07) is 29.5. The van der Waals surface area contributed by atoms with Crippen LogP contribution in [0, 0.1) is 13.8 Å². The lowest BCUT2D eigenvalue weighted by atomic mass is 9.79. The van der Waals surface area contributed by atoms with E-state index in [0.717, 1.165) is 11.2 Å². The highest BCUT2D eigenvalue weighted by molar-refractivity contribution is 6.88. The molecule has 0 fully saturated rings. The highest BCUT2D eigenvalue weighted by atomic mass is 28.3. The molecule has 1 aromatic heterocycles. The smallest absolute Gasteiger partial charge is 0.0776 e. The molecule has 2 heteroatoms. The van der Waals surface area contributed by atoms with Gasteiger partial charge in [0.2, 0.25) is 0 Å². The maximum Gasteiger partial charge on any atom is 0.0776 e. The van der Waals surface area contributed by atoms with Crippen LogP contribution < -0.4 is 5.19 Å². The first-order valence-electron chi connectivity index (χ1n) is 13.0. The summed E-state index contributed by atoms with van der Waals surface area (Å²) in [6.07, 6.45) is 0. The van der Waals surface area contributed by atoms with E-state index in [9.17, 15) is 0 Å². The Hall–Kier alpha value is -3.23. The maximum absolute atomic E-state index is 5.22. The molecule has 0 aliphatic heterocycles. The quantitative estimate of drug-likeness (QED) is 0.231. The number of hydrogen-bond acceptors (Lipinski definition) is 1. The summed E-state index contributed by atoms with van der Waals surface area (Å²) in [5, 5.41) is 5.31. The van der Waals surface area contributed by atoms with Gasteiger partial charge < -0.3 is 0 Å². The van der Waals surface area contributed by atoms with E-state index in [2.05, 4.69) is 133 Å². The summed E-state index contributed by atoms with van der Waals surface area (Å²) in [4.78, 5) is 5.22. The van der Waals surface area contributed by atoms with Crippen molar-refractivity contribution in [3.05, 3.63) is 95.6 Å². The van der Waals surface area contributed by atoms with Crippen molar-refractivity contribution in [2.24, 2.45) is 0 Å². The third-order valence-electron chi connectivity index (χ3n) is 7.20. The van der Waals surface area contributed by atoms with E-state index in [1.807, 2.05) is 0 Å². The van der Waals surface area contributed by atoms with E-state index in [1.54, 1.807) is 0 Å². The summed E-state index contributed by atoms with van der Waals surface area (Å²) in [6.45, 7) is 18.6. The van der Waals surface area contributed by atoms with Gasteiger partial charge in [-0.2, -0.15) is 0 Å². The fraction of sp³-hybridized carbons (Fsp3) is 0.265. The van der Waals surface area contributed by atoms with E-state index in [-0.39, 0.29) is 5.41 Å². The zero-order valence-electron chi connectivity index (χ0n) is 23.0. The summed E-state index contributed by atoms with van der Waals surface area (Å²) >= 11 is 0. The third kappa shape index (κ3) is 4.51. The first kappa shape index (κ1) is 24.5. The number of aromatic nitrogens is 1. The highest BCUT2D eigenvalue weighted by Gasteiger charge is 2.24. The van der Waals surface area contributed by atoms with Crippen molar-refractivity contribution >= 4 is 34.9 Å². The van der Waals surface area contributed by atoms with Crippen molar-refractivity contribution in [3.8, 4) is 22.4 Å². The molecule has 0 amide bonds. The van der Waals surface area contributed by atoms with Crippen LogP contribution in [0.1, 0.15) is 37.5 Å². The van der Waals surface area contributed by atoms with Crippen LogP contribution in [0.25, 0.3) is 44.1 Å². The fourth-order valence-electron chi connectivity index (χ4n) is 5.36. The Kier molecular flexibility index (Phi) is 5.92. The van der Waals surface area contributed by atoms with E-state index in [4.69, 9.17) is 4.98 Å². The minimum Gasteiger partial charge on any atom is -0.248 e. The Morgan fingerprint density at radius 1 is 0.694 bits per heavy atom. The zero-order chi connectivity index (χ0) is 25.8. The van der Waals surface area contributed by atoms with Crippen LogP contribution in [0.5, 0.6) is 0 Å². The molecule has 36 heavy (non-hydrogen) atoms. The zero-order valence-corrected chi connectivity index (χ0v) is 24.0. The fourth-order valence-corrected chi connectivity index (χ4v) is 6.52. The van der Waals surface area contributed by atoms with Gasteiger partial charge in [0, 0.05) is 10.9 Å². The van der Waals surface area contributed by atoms with Gasteiger partial charge in [-0.15, -0.1) is 0 Å². The van der Waals surface area contributed by atoms with Crippen LogP contribution in [0.4, 0.5) is 0 Å². The van der Waals surface area contributed by atoms with Crippen LogP contribution >= 0.6 is 0 Å². The number of nitrogens with zero attached hydrogens (tertiary/aromatic N) is 1. The molecule has 5 rings (SSSR count). The van der Waals surface area contributed by atoms with Crippen molar-refractivity contribution in [3.63, 3.8) is 0 Å². The first-order chi connectivity index (χ1) is 16.9. The largest absolute Gasteiger partial charge is 0.248 e. The van der Waals surface area contributed by atoms with Gasteiger partial charge >= 0.3 is 0 Å². The molecule has 0 unspecified atom stereocenters. The Morgan fingerprint density at radius 2 is 1.39 bits per heavy atom. The Morgan fingerprint density at radius 3 is 2.06 bits per heavy atom. The lowest BCUT2D eigenvalue weighted by molar-refractivity contribution is 0.593. The molecular weight excluding hydrogens is 450 g/mol. The van der Waals surface area contributed by atoms with E-state index >= 15 is 0 Å². The van der Waals surface area contributed by atoms with Gasteiger partial charge in [0.05, 0.1) is 19.3 Å². The molecule has 4 aromatic carbocycles. The van der Waals surface area contributed by atoms with Crippen LogP contribution in [0.15, 0.2) is 78.9 Å². The number of fused-ring (bicyclic) bond motifs is 2. The average Bonchev–Trinajstić information content (AvgIpc) is 2.80. The second kappa shape index (κ2) is 8.71. The monoisotopic (exact) mass is 487 g/mol. The van der Waals surface area contributed by atoms with Crippen LogP contribution in [-0.4, -0.2) is 13.1 Å². The van der Waals surface area contributed by atoms with Crippen LogP contribution in [0.2, 0.25) is 19.6 Å². The molecule has 1 heterocycles. The summed E-state index contributed by atoms with van der Waals surface area (Å²) in [5.74, 6) is 0. The molecule has 0 atom stereocenters. The third-order valence-corrected chi connectivity index (χ3v) is 9.24. The van der Waals surface area contributed by atoms with Crippen molar-refractivity contribution in [2.45, 2.75) is 59.7 Å². The van der Waals surface area contributed by atoms with Gasteiger partial charge in [-0.05, 0) is 71.0 Å². The number of rotatable bonds is 3. The molecule has 0 aliphatic rings. The van der Waals surface area contributed by atoms with Crippen molar-refractivity contribution in [1.29, 1.82) is 0 Å². The molecule has 0 saturated heterocycles. The van der Waals surface area contributed by atoms with Gasteiger partial charge in [-0.25, -0.2) is 4.98 Å².